The summed E-state index contributed by atoms with van der Waals surface area (Å²) >= 11 is 0. The molecule has 2 saturated carbocycles. The van der Waals surface area contributed by atoms with Crippen molar-refractivity contribution >= 4 is 5.91 Å². The Kier molecular flexibility index (Phi) is 2.06. The number of hydrogen-bond acceptors (Lipinski definition) is 2. The second-order valence-corrected chi connectivity index (χ2v) is 5.55. The lowest BCUT2D eigenvalue weighted by molar-refractivity contribution is -0.163. The summed E-state index contributed by atoms with van der Waals surface area (Å²) in [6.07, 6.45) is 6.85. The number of β-amino-alcohol motifs (C(OH)–C–C–N with tert-alkyl or cyclic N) is 1. The highest BCUT2D eigenvalue weighted by Crippen LogP contribution is 2.45. The summed E-state index contributed by atoms with van der Waals surface area (Å²) in [4.78, 5) is 13.8. The van der Waals surface area contributed by atoms with Crippen molar-refractivity contribution in [3.05, 3.63) is 0 Å². The molecule has 0 spiro atoms. The molecule has 0 radical (unpaired) electrons. The molecule has 0 aromatic heterocycles. The van der Waals surface area contributed by atoms with Crippen LogP contribution in [-0.2, 0) is 4.79 Å². The van der Waals surface area contributed by atoms with Gasteiger partial charge in [-0.25, -0.2) is 0 Å². The summed E-state index contributed by atoms with van der Waals surface area (Å²) in [6, 6.07) is 0. The van der Waals surface area contributed by atoms with Gasteiger partial charge < -0.3 is 10.0 Å². The first kappa shape index (κ1) is 9.64. The molecule has 3 heteroatoms. The molecule has 1 N–H and O–H groups in total. The molecule has 0 aromatic rings. The van der Waals surface area contributed by atoms with Crippen LogP contribution in [0.25, 0.3) is 0 Å². The van der Waals surface area contributed by atoms with Gasteiger partial charge in [0, 0.05) is 5.92 Å². The summed E-state index contributed by atoms with van der Waals surface area (Å²) in [6.45, 7) is 1.21. The first-order valence-corrected chi connectivity index (χ1v) is 6.20. The molecule has 3 aliphatic rings. The fourth-order valence-electron chi connectivity index (χ4n) is 3.08. The van der Waals surface area contributed by atoms with Crippen molar-refractivity contribution < 1.29 is 9.90 Å². The van der Waals surface area contributed by atoms with Gasteiger partial charge in [0.15, 0.2) is 0 Å². The van der Waals surface area contributed by atoms with Gasteiger partial charge in [-0.15, -0.1) is 0 Å². The fraction of sp³-hybridized carbons (Fsp3) is 0.917. The van der Waals surface area contributed by atoms with Crippen molar-refractivity contribution in [3.8, 4) is 0 Å². The first-order chi connectivity index (χ1) is 7.19. The van der Waals surface area contributed by atoms with Gasteiger partial charge in [-0.2, -0.15) is 0 Å². The molecule has 0 aromatic carbocycles. The third-order valence-electron chi connectivity index (χ3n) is 4.28. The number of carbonyl (C=O) groups excluding carboxylic acids is 1. The Bertz CT molecular complexity index is 273. The molecule has 1 heterocycles. The summed E-state index contributed by atoms with van der Waals surface area (Å²) in [5.74, 6) is 1.07. The van der Waals surface area contributed by atoms with E-state index in [1.54, 1.807) is 0 Å². The van der Waals surface area contributed by atoms with E-state index in [1.807, 2.05) is 4.90 Å². The summed E-state index contributed by atoms with van der Waals surface area (Å²) in [5.41, 5.74) is -0.506. The maximum Gasteiger partial charge on any atom is 0.225 e. The lowest BCUT2D eigenvalue weighted by atomic mass is 9.87. The van der Waals surface area contributed by atoms with E-state index in [2.05, 4.69) is 0 Å². The highest BCUT2D eigenvalue weighted by atomic mass is 16.3. The second-order valence-electron chi connectivity index (χ2n) is 5.55. The largest absolute Gasteiger partial charge is 0.386 e. The number of aliphatic hydroxyl groups is 1. The molecule has 0 unspecified atom stereocenters. The molecule has 84 valence electrons. The van der Waals surface area contributed by atoms with Crippen LogP contribution in [0, 0.1) is 11.8 Å². The zero-order valence-corrected chi connectivity index (χ0v) is 9.11. The van der Waals surface area contributed by atoms with Crippen LogP contribution in [0.15, 0.2) is 0 Å². The summed E-state index contributed by atoms with van der Waals surface area (Å²) in [5, 5.41) is 10.1. The van der Waals surface area contributed by atoms with Crippen LogP contribution >= 0.6 is 0 Å². The van der Waals surface area contributed by atoms with E-state index < -0.39 is 5.60 Å². The van der Waals surface area contributed by atoms with Gasteiger partial charge in [0.1, 0.15) is 5.60 Å². The molecule has 0 atom stereocenters. The SMILES string of the molecule is O=C(C1CCCC1)N1CC(O)(C2CC2)C1. The molecule has 1 amide bonds. The minimum atomic E-state index is -0.506. The Labute approximate surface area is 90.5 Å². The maximum absolute atomic E-state index is 12.0. The van der Waals surface area contributed by atoms with Crippen LogP contribution in [0.4, 0.5) is 0 Å². The van der Waals surface area contributed by atoms with Crippen molar-refractivity contribution in [1.29, 1.82) is 0 Å². The monoisotopic (exact) mass is 209 g/mol. The van der Waals surface area contributed by atoms with Gasteiger partial charge >= 0.3 is 0 Å². The highest BCUT2D eigenvalue weighted by Gasteiger charge is 2.53. The molecule has 3 fully saturated rings. The van der Waals surface area contributed by atoms with Gasteiger partial charge in [-0.1, -0.05) is 12.8 Å². The predicted octanol–water partition coefficient (Wildman–Crippen LogP) is 1.16. The average Bonchev–Trinajstić information content (AvgIpc) is 2.89. The van der Waals surface area contributed by atoms with Crippen molar-refractivity contribution in [1.82, 2.24) is 4.90 Å². The van der Waals surface area contributed by atoms with Crippen LogP contribution in [-0.4, -0.2) is 34.6 Å². The number of carbonyl (C=O) groups is 1. The van der Waals surface area contributed by atoms with E-state index in [-0.39, 0.29) is 5.92 Å². The molecular weight excluding hydrogens is 190 g/mol. The molecule has 1 saturated heterocycles. The fourth-order valence-corrected chi connectivity index (χ4v) is 3.08. The van der Waals surface area contributed by atoms with E-state index in [1.165, 1.54) is 12.8 Å². The second kappa shape index (κ2) is 3.21. The Hall–Kier alpha value is -0.570. The topological polar surface area (TPSA) is 40.5 Å². The average molecular weight is 209 g/mol. The Morgan fingerprint density at radius 3 is 2.27 bits per heavy atom. The van der Waals surface area contributed by atoms with Crippen LogP contribution in [0.1, 0.15) is 38.5 Å². The van der Waals surface area contributed by atoms with E-state index >= 15 is 0 Å². The minimum Gasteiger partial charge on any atom is -0.386 e. The number of rotatable bonds is 2. The summed E-state index contributed by atoms with van der Waals surface area (Å²) in [7, 11) is 0. The number of hydrogen-bond donors (Lipinski definition) is 1. The van der Waals surface area contributed by atoms with Crippen LogP contribution < -0.4 is 0 Å². The molecule has 3 rings (SSSR count). The standard InChI is InChI=1S/C12H19NO2/c14-11(9-3-1-2-4-9)13-7-12(15,8-13)10-5-6-10/h9-10,15H,1-8H2. The lowest BCUT2D eigenvalue weighted by Gasteiger charge is -2.47. The normalized spacial score (nSPS) is 30.3. The zero-order valence-electron chi connectivity index (χ0n) is 9.11. The zero-order chi connectivity index (χ0) is 10.5. The van der Waals surface area contributed by atoms with Gasteiger partial charge in [-0.3, -0.25) is 4.79 Å². The Morgan fingerprint density at radius 2 is 1.73 bits per heavy atom. The molecular formula is C12H19NO2. The maximum atomic E-state index is 12.0. The quantitative estimate of drug-likeness (QED) is 0.741. The smallest absolute Gasteiger partial charge is 0.225 e. The predicted molar refractivity (Wildman–Crippen MR) is 56.2 cm³/mol. The van der Waals surface area contributed by atoms with Crippen LogP contribution in [0.3, 0.4) is 0 Å². The van der Waals surface area contributed by atoms with Gasteiger partial charge in [-0.05, 0) is 31.6 Å². The molecule has 3 nitrogen and oxygen atoms in total. The van der Waals surface area contributed by atoms with E-state index in [9.17, 15) is 9.90 Å². The first-order valence-electron chi connectivity index (χ1n) is 6.20. The van der Waals surface area contributed by atoms with Crippen LogP contribution in [0.2, 0.25) is 0 Å². The van der Waals surface area contributed by atoms with Gasteiger partial charge in [0.2, 0.25) is 5.91 Å². The van der Waals surface area contributed by atoms with E-state index in [4.69, 9.17) is 0 Å². The molecule has 15 heavy (non-hydrogen) atoms. The van der Waals surface area contributed by atoms with E-state index in [0.29, 0.717) is 24.9 Å². The van der Waals surface area contributed by atoms with Crippen molar-refractivity contribution in [3.63, 3.8) is 0 Å². The summed E-state index contributed by atoms with van der Waals surface area (Å²) < 4.78 is 0. The molecule has 1 aliphatic heterocycles. The number of likely N-dealkylation sites (tertiary alicyclic amines) is 1. The lowest BCUT2D eigenvalue weighted by Crippen LogP contribution is -2.65. The minimum absolute atomic E-state index is 0.272. The van der Waals surface area contributed by atoms with Crippen molar-refractivity contribution in [2.24, 2.45) is 11.8 Å². The highest BCUT2D eigenvalue weighted by molar-refractivity contribution is 5.80. The third kappa shape index (κ3) is 1.57. The third-order valence-corrected chi connectivity index (χ3v) is 4.28. The number of nitrogens with zero attached hydrogens (tertiary/aromatic N) is 1. The van der Waals surface area contributed by atoms with Crippen molar-refractivity contribution in [2.75, 3.05) is 13.1 Å². The van der Waals surface area contributed by atoms with Gasteiger partial charge in [0.05, 0.1) is 13.1 Å². The van der Waals surface area contributed by atoms with Gasteiger partial charge in [0.25, 0.3) is 0 Å². The Balaban J connectivity index is 1.55. The Morgan fingerprint density at radius 1 is 1.13 bits per heavy atom. The molecule has 0 bridgehead atoms. The molecule has 2 aliphatic carbocycles. The van der Waals surface area contributed by atoms with E-state index in [0.717, 1.165) is 25.7 Å². The number of amides is 1. The van der Waals surface area contributed by atoms with Crippen molar-refractivity contribution in [2.45, 2.75) is 44.1 Å². The van der Waals surface area contributed by atoms with Crippen LogP contribution in [0.5, 0.6) is 0 Å².